The Labute approximate surface area is 103 Å². The predicted molar refractivity (Wildman–Crippen MR) is 58.9 cm³/mol. The fraction of sp³-hybridized carbons (Fsp3) is 0.800. The smallest absolute Gasteiger partial charge is 0.370 e. The average Bonchev–Trinajstić information content (AvgIpc) is 2.67. The molecule has 0 fully saturated rings. The Morgan fingerprint density at radius 2 is 2.17 bits per heavy atom. The van der Waals surface area contributed by atoms with Gasteiger partial charge in [0.15, 0.2) is 0 Å². The first-order valence-electron chi connectivity index (χ1n) is 5.63. The summed E-state index contributed by atoms with van der Waals surface area (Å²) in [7, 11) is 0. The van der Waals surface area contributed by atoms with E-state index in [0.29, 0.717) is 18.4 Å². The van der Waals surface area contributed by atoms with Gasteiger partial charge < -0.3 is 10.1 Å². The highest BCUT2D eigenvalue weighted by atomic mass is 19.4. The second-order valence-electron chi connectivity index (χ2n) is 4.10. The standard InChI is InChI=1S/C10H17F3N4O/c1-8(2)14-5-9-15-7-16-17(9)3-4-18-6-10(11,12)13/h7-8,14H,3-6H2,1-2H3. The van der Waals surface area contributed by atoms with Crippen LogP contribution in [0.25, 0.3) is 0 Å². The highest BCUT2D eigenvalue weighted by Gasteiger charge is 2.27. The van der Waals surface area contributed by atoms with E-state index in [4.69, 9.17) is 0 Å². The predicted octanol–water partition coefficient (Wildman–Crippen LogP) is 1.35. The SMILES string of the molecule is CC(C)NCc1ncnn1CCOCC(F)(F)F. The van der Waals surface area contributed by atoms with Crippen molar-refractivity contribution in [2.24, 2.45) is 0 Å². The van der Waals surface area contributed by atoms with E-state index >= 15 is 0 Å². The molecule has 1 aromatic rings. The van der Waals surface area contributed by atoms with Gasteiger partial charge in [0.25, 0.3) is 0 Å². The van der Waals surface area contributed by atoms with E-state index in [1.54, 1.807) is 0 Å². The Bertz CT molecular complexity index is 351. The molecule has 0 aliphatic heterocycles. The lowest BCUT2D eigenvalue weighted by Crippen LogP contribution is -2.25. The van der Waals surface area contributed by atoms with Crippen molar-refractivity contribution in [3.8, 4) is 0 Å². The second kappa shape index (κ2) is 6.69. The van der Waals surface area contributed by atoms with Crippen LogP contribution in [0.3, 0.4) is 0 Å². The Morgan fingerprint density at radius 1 is 1.44 bits per heavy atom. The number of hydrogen-bond donors (Lipinski definition) is 1. The third-order valence-electron chi connectivity index (χ3n) is 2.08. The molecule has 0 saturated carbocycles. The van der Waals surface area contributed by atoms with Crippen molar-refractivity contribution in [2.45, 2.75) is 39.2 Å². The Kier molecular flexibility index (Phi) is 5.54. The van der Waals surface area contributed by atoms with Gasteiger partial charge in [0.05, 0.1) is 19.7 Å². The molecule has 0 aromatic carbocycles. The molecule has 0 aliphatic rings. The molecule has 8 heteroatoms. The maximum absolute atomic E-state index is 11.8. The van der Waals surface area contributed by atoms with E-state index in [-0.39, 0.29) is 13.2 Å². The molecule has 1 aromatic heterocycles. The molecule has 0 aliphatic carbocycles. The van der Waals surface area contributed by atoms with Crippen LogP contribution in [0.2, 0.25) is 0 Å². The molecule has 1 N–H and O–H groups in total. The van der Waals surface area contributed by atoms with Gasteiger partial charge in [-0.15, -0.1) is 0 Å². The number of nitrogens with one attached hydrogen (secondary N) is 1. The Morgan fingerprint density at radius 3 is 2.78 bits per heavy atom. The monoisotopic (exact) mass is 266 g/mol. The van der Waals surface area contributed by atoms with Crippen LogP contribution in [0, 0.1) is 0 Å². The van der Waals surface area contributed by atoms with Gasteiger partial charge in [-0.2, -0.15) is 18.3 Å². The van der Waals surface area contributed by atoms with E-state index in [1.165, 1.54) is 11.0 Å². The fourth-order valence-corrected chi connectivity index (χ4v) is 1.25. The van der Waals surface area contributed by atoms with Gasteiger partial charge in [0.2, 0.25) is 0 Å². The number of alkyl halides is 3. The molecule has 0 unspecified atom stereocenters. The summed E-state index contributed by atoms with van der Waals surface area (Å²) in [5.74, 6) is 0.680. The number of hydrogen-bond acceptors (Lipinski definition) is 4. The first kappa shape index (κ1) is 14.9. The van der Waals surface area contributed by atoms with Crippen molar-refractivity contribution in [1.82, 2.24) is 20.1 Å². The summed E-state index contributed by atoms with van der Waals surface area (Å²) in [6, 6.07) is 0.302. The summed E-state index contributed by atoms with van der Waals surface area (Å²) >= 11 is 0. The zero-order chi connectivity index (χ0) is 13.6. The maximum atomic E-state index is 11.8. The van der Waals surface area contributed by atoms with Gasteiger partial charge in [-0.05, 0) is 0 Å². The van der Waals surface area contributed by atoms with Crippen molar-refractivity contribution in [2.75, 3.05) is 13.2 Å². The van der Waals surface area contributed by atoms with Crippen LogP contribution < -0.4 is 5.32 Å². The molecule has 1 heterocycles. The molecule has 0 saturated heterocycles. The van der Waals surface area contributed by atoms with Crippen molar-refractivity contribution in [3.05, 3.63) is 12.2 Å². The van der Waals surface area contributed by atoms with Gasteiger partial charge in [0.1, 0.15) is 18.8 Å². The van der Waals surface area contributed by atoms with Crippen molar-refractivity contribution >= 4 is 0 Å². The minimum atomic E-state index is -4.29. The molecule has 1 rings (SSSR count). The molecule has 0 radical (unpaired) electrons. The van der Waals surface area contributed by atoms with E-state index in [0.717, 1.165) is 0 Å². The molecule has 0 amide bonds. The lowest BCUT2D eigenvalue weighted by atomic mass is 10.4. The van der Waals surface area contributed by atoms with Crippen molar-refractivity contribution in [3.63, 3.8) is 0 Å². The first-order valence-corrected chi connectivity index (χ1v) is 5.63. The zero-order valence-corrected chi connectivity index (χ0v) is 10.4. The lowest BCUT2D eigenvalue weighted by Gasteiger charge is -2.10. The molecule has 0 spiro atoms. The molecular weight excluding hydrogens is 249 g/mol. The second-order valence-corrected chi connectivity index (χ2v) is 4.10. The Hall–Kier alpha value is -1.15. The van der Waals surface area contributed by atoms with Crippen LogP contribution in [-0.2, 0) is 17.8 Å². The zero-order valence-electron chi connectivity index (χ0n) is 10.4. The average molecular weight is 266 g/mol. The third kappa shape index (κ3) is 5.97. The maximum Gasteiger partial charge on any atom is 0.411 e. The van der Waals surface area contributed by atoms with Gasteiger partial charge >= 0.3 is 6.18 Å². The van der Waals surface area contributed by atoms with Crippen LogP contribution in [0.15, 0.2) is 6.33 Å². The molecular formula is C10H17F3N4O. The van der Waals surface area contributed by atoms with Crippen LogP contribution in [-0.4, -0.2) is 40.2 Å². The number of ether oxygens (including phenoxy) is 1. The van der Waals surface area contributed by atoms with E-state index in [9.17, 15) is 13.2 Å². The van der Waals surface area contributed by atoms with E-state index < -0.39 is 12.8 Å². The topological polar surface area (TPSA) is 52.0 Å². The Balaban J connectivity index is 2.32. The summed E-state index contributed by atoms with van der Waals surface area (Å²) in [6.45, 7) is 3.49. The van der Waals surface area contributed by atoms with Gasteiger partial charge in [0, 0.05) is 6.04 Å². The molecule has 0 bridgehead atoms. The summed E-state index contributed by atoms with van der Waals surface area (Å²) in [4.78, 5) is 4.03. The normalized spacial score (nSPS) is 12.3. The van der Waals surface area contributed by atoms with Crippen LogP contribution in [0.4, 0.5) is 13.2 Å². The molecule has 0 atom stereocenters. The highest BCUT2D eigenvalue weighted by Crippen LogP contribution is 2.14. The van der Waals surface area contributed by atoms with Crippen molar-refractivity contribution in [1.29, 1.82) is 0 Å². The highest BCUT2D eigenvalue weighted by molar-refractivity contribution is 4.84. The number of aromatic nitrogens is 3. The van der Waals surface area contributed by atoms with Gasteiger partial charge in [-0.3, -0.25) is 0 Å². The van der Waals surface area contributed by atoms with Crippen LogP contribution in [0.5, 0.6) is 0 Å². The minimum absolute atomic E-state index is 0.0441. The summed E-state index contributed by atoms with van der Waals surface area (Å²) in [5, 5.41) is 7.09. The number of nitrogens with zero attached hydrogens (tertiary/aromatic N) is 3. The quantitative estimate of drug-likeness (QED) is 0.757. The summed E-state index contributed by atoms with van der Waals surface area (Å²) < 4.78 is 41.6. The van der Waals surface area contributed by atoms with Crippen molar-refractivity contribution < 1.29 is 17.9 Å². The molecule has 104 valence electrons. The van der Waals surface area contributed by atoms with E-state index in [2.05, 4.69) is 20.1 Å². The molecule has 5 nitrogen and oxygen atoms in total. The molecule has 18 heavy (non-hydrogen) atoms. The number of rotatable bonds is 7. The largest absolute Gasteiger partial charge is 0.411 e. The minimum Gasteiger partial charge on any atom is -0.370 e. The summed E-state index contributed by atoms with van der Waals surface area (Å²) in [6.07, 6.45) is -2.91. The first-order chi connectivity index (χ1) is 8.38. The van der Waals surface area contributed by atoms with Crippen LogP contribution in [0.1, 0.15) is 19.7 Å². The number of halogens is 3. The lowest BCUT2D eigenvalue weighted by molar-refractivity contribution is -0.174. The van der Waals surface area contributed by atoms with Gasteiger partial charge in [-0.25, -0.2) is 9.67 Å². The van der Waals surface area contributed by atoms with Crippen LogP contribution >= 0.6 is 0 Å². The fourth-order valence-electron chi connectivity index (χ4n) is 1.25. The van der Waals surface area contributed by atoms with E-state index in [1.807, 2.05) is 13.8 Å². The van der Waals surface area contributed by atoms with Gasteiger partial charge in [-0.1, -0.05) is 13.8 Å². The third-order valence-corrected chi connectivity index (χ3v) is 2.08. The summed E-state index contributed by atoms with van der Waals surface area (Å²) in [5.41, 5.74) is 0.